The molecular formula is C30H48N6O6S. The SMILES string of the molecule is C=CCNC(=O)C(=O)C(C)NC(=O)C1CCCN1C(=O)C(NC(=O)NC(C(=O)c1nccs1)C(C)C)C(C)(C)C.CCC. The Bertz CT molecular complexity index is 1130. The summed E-state index contributed by atoms with van der Waals surface area (Å²) in [6, 6.07) is -4.53. The average Bonchev–Trinajstić information content (AvgIpc) is 3.65. The van der Waals surface area contributed by atoms with E-state index in [-0.39, 0.29) is 29.8 Å². The number of nitrogens with zero attached hydrogens (tertiary/aromatic N) is 2. The maximum atomic E-state index is 13.7. The van der Waals surface area contributed by atoms with Crippen molar-refractivity contribution in [3.63, 3.8) is 0 Å². The van der Waals surface area contributed by atoms with Gasteiger partial charge in [0.15, 0.2) is 5.01 Å². The van der Waals surface area contributed by atoms with Crippen LogP contribution in [0.15, 0.2) is 24.2 Å². The van der Waals surface area contributed by atoms with Crippen molar-refractivity contribution < 1.29 is 28.8 Å². The fourth-order valence-electron chi connectivity index (χ4n) is 4.27. The predicted molar refractivity (Wildman–Crippen MR) is 166 cm³/mol. The van der Waals surface area contributed by atoms with Gasteiger partial charge in [-0.25, -0.2) is 9.78 Å². The first-order chi connectivity index (χ1) is 20.1. The zero-order valence-corrected chi connectivity index (χ0v) is 27.4. The quantitative estimate of drug-likeness (QED) is 0.158. The highest BCUT2D eigenvalue weighted by Crippen LogP contribution is 2.26. The number of thiazole rings is 1. The van der Waals surface area contributed by atoms with Gasteiger partial charge >= 0.3 is 6.03 Å². The van der Waals surface area contributed by atoms with E-state index in [2.05, 4.69) is 46.7 Å². The number of carbonyl (C=O) groups is 6. The second-order valence-corrected chi connectivity index (χ2v) is 12.7. The van der Waals surface area contributed by atoms with Crippen molar-refractivity contribution in [3.05, 3.63) is 29.2 Å². The van der Waals surface area contributed by atoms with Gasteiger partial charge in [0, 0.05) is 24.7 Å². The van der Waals surface area contributed by atoms with Gasteiger partial charge in [0.25, 0.3) is 5.91 Å². The maximum Gasteiger partial charge on any atom is 0.316 e. The van der Waals surface area contributed by atoms with E-state index in [1.807, 2.05) is 0 Å². The van der Waals surface area contributed by atoms with Crippen molar-refractivity contribution in [2.45, 2.75) is 98.8 Å². The van der Waals surface area contributed by atoms with Crippen LogP contribution in [-0.4, -0.2) is 82.5 Å². The highest BCUT2D eigenvalue weighted by atomic mass is 32.1. The third-order valence-corrected chi connectivity index (χ3v) is 7.28. The minimum absolute atomic E-state index is 0.113. The summed E-state index contributed by atoms with van der Waals surface area (Å²) in [7, 11) is 0. The number of rotatable bonds is 12. The summed E-state index contributed by atoms with van der Waals surface area (Å²) in [5, 5.41) is 12.3. The molecule has 0 spiro atoms. The fourth-order valence-corrected chi connectivity index (χ4v) is 4.88. The van der Waals surface area contributed by atoms with Gasteiger partial charge in [0.2, 0.25) is 23.4 Å². The first-order valence-corrected chi connectivity index (χ1v) is 15.5. The minimum Gasteiger partial charge on any atom is -0.346 e. The molecule has 1 fully saturated rings. The normalized spacial score (nSPS) is 16.6. The molecule has 12 nitrogen and oxygen atoms in total. The zero-order valence-electron chi connectivity index (χ0n) is 26.6. The third kappa shape index (κ3) is 11.2. The highest BCUT2D eigenvalue weighted by Gasteiger charge is 2.43. The Balaban J connectivity index is 0.00000295. The van der Waals surface area contributed by atoms with Gasteiger partial charge in [0.05, 0.1) is 12.1 Å². The number of ketones is 2. The Labute approximate surface area is 258 Å². The molecule has 2 rings (SSSR count). The van der Waals surface area contributed by atoms with E-state index in [1.165, 1.54) is 41.9 Å². The molecule has 13 heteroatoms. The molecule has 240 valence electrons. The lowest BCUT2D eigenvalue weighted by Crippen LogP contribution is -2.61. The van der Waals surface area contributed by atoms with Gasteiger partial charge in [-0.05, 0) is 31.1 Å². The summed E-state index contributed by atoms with van der Waals surface area (Å²) in [6.07, 6.45) is 5.10. The van der Waals surface area contributed by atoms with Gasteiger partial charge in [-0.1, -0.05) is 61.0 Å². The Morgan fingerprint density at radius 1 is 1.09 bits per heavy atom. The maximum absolute atomic E-state index is 13.7. The van der Waals surface area contributed by atoms with Crippen LogP contribution in [0.5, 0.6) is 0 Å². The van der Waals surface area contributed by atoms with Crippen LogP contribution in [-0.2, 0) is 19.2 Å². The minimum atomic E-state index is -1.10. The Morgan fingerprint density at radius 3 is 2.23 bits per heavy atom. The second kappa shape index (κ2) is 17.5. The highest BCUT2D eigenvalue weighted by molar-refractivity contribution is 7.11. The number of amides is 5. The summed E-state index contributed by atoms with van der Waals surface area (Å²) in [5.74, 6) is -3.24. The molecule has 1 aliphatic rings. The van der Waals surface area contributed by atoms with Gasteiger partial charge in [-0.3, -0.25) is 24.0 Å². The van der Waals surface area contributed by atoms with Crippen LogP contribution in [0.25, 0.3) is 0 Å². The summed E-state index contributed by atoms with van der Waals surface area (Å²) in [5.41, 5.74) is -0.739. The number of aromatic nitrogens is 1. The molecule has 4 N–H and O–H groups in total. The van der Waals surface area contributed by atoms with Crippen molar-refractivity contribution >= 4 is 46.7 Å². The van der Waals surface area contributed by atoms with Crippen LogP contribution in [0.4, 0.5) is 4.79 Å². The molecular weight excluding hydrogens is 572 g/mol. The van der Waals surface area contributed by atoms with Crippen LogP contribution in [0.3, 0.4) is 0 Å². The lowest BCUT2D eigenvalue weighted by Gasteiger charge is -2.36. The summed E-state index contributed by atoms with van der Waals surface area (Å²) in [4.78, 5) is 82.4. The van der Waals surface area contributed by atoms with Gasteiger partial charge in [0.1, 0.15) is 12.1 Å². The number of nitrogens with one attached hydrogen (secondary N) is 4. The van der Waals surface area contributed by atoms with Crippen LogP contribution < -0.4 is 21.3 Å². The van der Waals surface area contributed by atoms with Gasteiger partial charge in [-0.2, -0.15) is 0 Å². The Kier molecular flexibility index (Phi) is 15.2. The molecule has 0 aromatic carbocycles. The largest absolute Gasteiger partial charge is 0.346 e. The molecule has 5 amide bonds. The standard InChI is InChI=1S/C27H40N6O6S.C3H8/c1-8-11-28-23(37)19(34)16(4)30-22(36)17-10-9-13-33(17)25(38)21(27(5,6)7)32-26(39)31-18(15(2)3)20(35)24-29-12-14-40-24;1-3-2/h8,12,14-18,21H,1,9-11,13H2,2-7H3,(H,28,37)(H,30,36)(H2,31,32,39);3H2,1-2H3. The van der Waals surface area contributed by atoms with E-state index in [9.17, 15) is 28.8 Å². The van der Waals surface area contributed by atoms with E-state index < -0.39 is 59.1 Å². The number of hydrogen-bond donors (Lipinski definition) is 4. The molecule has 4 atom stereocenters. The second-order valence-electron chi connectivity index (χ2n) is 11.8. The lowest BCUT2D eigenvalue weighted by atomic mass is 9.85. The first-order valence-electron chi connectivity index (χ1n) is 14.6. The van der Waals surface area contributed by atoms with E-state index in [1.54, 1.807) is 40.0 Å². The van der Waals surface area contributed by atoms with Crippen LogP contribution in [0.2, 0.25) is 0 Å². The van der Waals surface area contributed by atoms with E-state index in [4.69, 9.17) is 0 Å². The molecule has 1 aromatic heterocycles. The van der Waals surface area contributed by atoms with Crippen molar-refractivity contribution in [3.8, 4) is 0 Å². The molecule has 0 radical (unpaired) electrons. The van der Waals surface area contributed by atoms with E-state index in [0.717, 1.165) is 0 Å². The molecule has 0 saturated carbocycles. The molecule has 1 aliphatic heterocycles. The molecule has 43 heavy (non-hydrogen) atoms. The molecule has 0 aliphatic carbocycles. The fraction of sp³-hybridized carbons (Fsp3) is 0.633. The number of urea groups is 1. The van der Waals surface area contributed by atoms with Crippen molar-refractivity contribution in [1.82, 2.24) is 31.2 Å². The smallest absolute Gasteiger partial charge is 0.316 e. The number of Topliss-reactive ketones (excluding diaryl/α,β-unsaturated/α-hetero) is 2. The summed E-state index contributed by atoms with van der Waals surface area (Å²) in [6.45, 7) is 18.5. The summed E-state index contributed by atoms with van der Waals surface area (Å²) >= 11 is 1.18. The molecule has 4 unspecified atom stereocenters. The Morgan fingerprint density at radius 2 is 1.72 bits per heavy atom. The zero-order chi connectivity index (χ0) is 32.9. The first kappa shape index (κ1) is 37.4. The Hall–Kier alpha value is -3.61. The van der Waals surface area contributed by atoms with Crippen molar-refractivity contribution in [1.29, 1.82) is 0 Å². The van der Waals surface area contributed by atoms with Gasteiger partial charge in [-0.15, -0.1) is 17.9 Å². The number of likely N-dealkylation sites (tertiary alicyclic amines) is 1. The average molecular weight is 621 g/mol. The summed E-state index contributed by atoms with van der Waals surface area (Å²) < 4.78 is 0. The van der Waals surface area contributed by atoms with Crippen molar-refractivity contribution in [2.75, 3.05) is 13.1 Å². The van der Waals surface area contributed by atoms with E-state index >= 15 is 0 Å². The monoisotopic (exact) mass is 620 g/mol. The van der Waals surface area contributed by atoms with Crippen LogP contribution in [0.1, 0.15) is 84.5 Å². The van der Waals surface area contributed by atoms with Crippen LogP contribution >= 0.6 is 11.3 Å². The number of carbonyl (C=O) groups excluding carboxylic acids is 6. The van der Waals surface area contributed by atoms with Crippen LogP contribution in [0, 0.1) is 11.3 Å². The topological polar surface area (TPSA) is 167 Å². The van der Waals surface area contributed by atoms with E-state index in [0.29, 0.717) is 12.8 Å². The molecule has 1 saturated heterocycles. The lowest BCUT2D eigenvalue weighted by molar-refractivity contribution is -0.143. The van der Waals surface area contributed by atoms with Crippen molar-refractivity contribution in [2.24, 2.45) is 11.3 Å². The van der Waals surface area contributed by atoms with Gasteiger partial charge < -0.3 is 26.2 Å². The number of hydrogen-bond acceptors (Lipinski definition) is 8. The predicted octanol–water partition coefficient (Wildman–Crippen LogP) is 2.85. The molecule has 2 heterocycles. The third-order valence-electron chi connectivity index (χ3n) is 6.49. The molecule has 0 bridgehead atoms. The molecule has 1 aromatic rings.